The van der Waals surface area contributed by atoms with Crippen LogP contribution in [0.5, 0.6) is 0 Å². The molecule has 0 aliphatic heterocycles. The Bertz CT molecular complexity index is 119. The van der Waals surface area contributed by atoms with Gasteiger partial charge in [-0.1, -0.05) is 27.2 Å². The van der Waals surface area contributed by atoms with Gasteiger partial charge in [-0.2, -0.15) is 0 Å². The molecule has 0 fully saturated rings. The van der Waals surface area contributed by atoms with Crippen molar-refractivity contribution >= 4 is 5.97 Å². The first-order valence-corrected chi connectivity index (χ1v) is 4.30. The van der Waals surface area contributed by atoms with Crippen LogP contribution in [0.25, 0.3) is 0 Å². The quantitative estimate of drug-likeness (QED) is 0.667. The molecule has 0 aromatic heterocycles. The van der Waals surface area contributed by atoms with Crippen molar-refractivity contribution in [3.63, 3.8) is 0 Å². The normalized spacial score (nSPS) is 13.5. The second-order valence-corrected chi connectivity index (χ2v) is 3.45. The molecule has 0 saturated carbocycles. The lowest BCUT2D eigenvalue weighted by Gasteiger charge is -2.12. The van der Waals surface area contributed by atoms with E-state index in [1.54, 1.807) is 0 Å². The molecule has 2 heteroatoms. The summed E-state index contributed by atoms with van der Waals surface area (Å²) in [6.07, 6.45) is 2.58. The van der Waals surface area contributed by atoms with Crippen molar-refractivity contribution in [1.29, 1.82) is 0 Å². The van der Waals surface area contributed by atoms with Crippen LogP contribution in [-0.2, 0) is 4.79 Å². The van der Waals surface area contributed by atoms with Crippen molar-refractivity contribution in [2.24, 2.45) is 11.8 Å². The molecule has 0 rings (SSSR count). The van der Waals surface area contributed by atoms with Crippen LogP contribution >= 0.6 is 0 Å². The summed E-state index contributed by atoms with van der Waals surface area (Å²) in [7, 11) is 0. The number of hydrogen-bond acceptors (Lipinski definition) is 1. The van der Waals surface area contributed by atoms with Crippen LogP contribution < -0.4 is 0 Å². The van der Waals surface area contributed by atoms with E-state index in [-0.39, 0.29) is 5.92 Å². The molecule has 0 unspecified atom stereocenters. The fraction of sp³-hybridized carbons (Fsp3) is 0.889. The smallest absolute Gasteiger partial charge is 0.306 e. The van der Waals surface area contributed by atoms with Crippen LogP contribution in [0.4, 0.5) is 0 Å². The van der Waals surface area contributed by atoms with Crippen molar-refractivity contribution in [3.05, 3.63) is 0 Å². The molecule has 1 atom stereocenters. The maximum absolute atomic E-state index is 10.6. The van der Waals surface area contributed by atoms with Crippen LogP contribution in [0.3, 0.4) is 0 Å². The summed E-state index contributed by atoms with van der Waals surface area (Å²) < 4.78 is 0. The van der Waals surface area contributed by atoms with E-state index in [1.165, 1.54) is 0 Å². The molecule has 0 saturated heterocycles. The third kappa shape index (κ3) is 4.82. The molecule has 0 aromatic rings. The first-order chi connectivity index (χ1) is 5.07. The maximum Gasteiger partial charge on any atom is 0.306 e. The van der Waals surface area contributed by atoms with Gasteiger partial charge < -0.3 is 5.11 Å². The molecule has 0 radical (unpaired) electrons. The van der Waals surface area contributed by atoms with Crippen LogP contribution in [0, 0.1) is 11.8 Å². The highest BCUT2D eigenvalue weighted by Crippen LogP contribution is 2.16. The van der Waals surface area contributed by atoms with Crippen molar-refractivity contribution in [2.75, 3.05) is 0 Å². The molecule has 0 aliphatic carbocycles. The molecule has 1 N–H and O–H groups in total. The van der Waals surface area contributed by atoms with Gasteiger partial charge in [0.25, 0.3) is 0 Å². The van der Waals surface area contributed by atoms with E-state index in [9.17, 15) is 4.79 Å². The molecule has 66 valence electrons. The summed E-state index contributed by atoms with van der Waals surface area (Å²) >= 11 is 0. The van der Waals surface area contributed by atoms with Gasteiger partial charge in [0.1, 0.15) is 0 Å². The van der Waals surface area contributed by atoms with Crippen LogP contribution in [0.1, 0.15) is 40.0 Å². The van der Waals surface area contributed by atoms with E-state index in [0.717, 1.165) is 19.3 Å². The zero-order valence-electron chi connectivity index (χ0n) is 7.63. The molecule has 0 bridgehead atoms. The third-order valence-corrected chi connectivity index (χ3v) is 1.74. The van der Waals surface area contributed by atoms with Gasteiger partial charge in [0.15, 0.2) is 0 Å². The summed E-state index contributed by atoms with van der Waals surface area (Å²) in [5.74, 6) is -0.275. The summed E-state index contributed by atoms with van der Waals surface area (Å²) in [5, 5.41) is 8.75. The first kappa shape index (κ1) is 10.5. The van der Waals surface area contributed by atoms with Crippen LogP contribution in [0.2, 0.25) is 0 Å². The zero-order chi connectivity index (χ0) is 8.85. The fourth-order valence-corrected chi connectivity index (χ4v) is 1.26. The summed E-state index contributed by atoms with van der Waals surface area (Å²) in [6.45, 7) is 6.15. The summed E-state index contributed by atoms with van der Waals surface area (Å²) in [4.78, 5) is 10.6. The lowest BCUT2D eigenvalue weighted by molar-refractivity contribution is -0.142. The number of hydrogen-bond donors (Lipinski definition) is 1. The Kier molecular flexibility index (Phi) is 4.92. The Labute approximate surface area is 68.6 Å². The predicted octanol–water partition coefficient (Wildman–Crippen LogP) is 2.53. The van der Waals surface area contributed by atoms with Crippen molar-refractivity contribution < 1.29 is 9.90 Å². The molecule has 11 heavy (non-hydrogen) atoms. The zero-order valence-corrected chi connectivity index (χ0v) is 7.63. The Hall–Kier alpha value is -0.530. The highest BCUT2D eigenvalue weighted by atomic mass is 16.4. The second kappa shape index (κ2) is 5.16. The number of carboxylic acid groups (broad SMARTS) is 1. The van der Waals surface area contributed by atoms with Gasteiger partial charge in [-0.3, -0.25) is 4.79 Å². The Morgan fingerprint density at radius 2 is 2.00 bits per heavy atom. The van der Waals surface area contributed by atoms with Crippen molar-refractivity contribution in [1.82, 2.24) is 0 Å². The van der Waals surface area contributed by atoms with Gasteiger partial charge in [-0.25, -0.2) is 0 Å². The monoisotopic (exact) mass is 158 g/mol. The standard InChI is InChI=1S/C9H18O2/c1-4-5-8(9(10)11)6-7(2)3/h7-8H,4-6H2,1-3H3,(H,10,11)/t8-/m0/s1. The molecule has 2 nitrogen and oxygen atoms in total. The fourth-order valence-electron chi connectivity index (χ4n) is 1.26. The number of carbonyl (C=O) groups is 1. The molecule has 0 spiro atoms. The number of carboxylic acids is 1. The minimum atomic E-state index is -0.638. The first-order valence-electron chi connectivity index (χ1n) is 4.30. The molecular formula is C9H18O2. The summed E-state index contributed by atoms with van der Waals surface area (Å²) in [5.41, 5.74) is 0. The highest BCUT2D eigenvalue weighted by molar-refractivity contribution is 5.69. The Balaban J connectivity index is 3.79. The minimum Gasteiger partial charge on any atom is -0.481 e. The lowest BCUT2D eigenvalue weighted by Crippen LogP contribution is -2.15. The summed E-state index contributed by atoms with van der Waals surface area (Å²) in [6, 6.07) is 0. The van der Waals surface area contributed by atoms with Crippen molar-refractivity contribution in [3.8, 4) is 0 Å². The number of aliphatic carboxylic acids is 1. The average Bonchev–Trinajstić information content (AvgIpc) is 1.86. The molecule has 0 aromatic carbocycles. The third-order valence-electron chi connectivity index (χ3n) is 1.74. The second-order valence-electron chi connectivity index (χ2n) is 3.45. The van der Waals surface area contributed by atoms with Gasteiger partial charge in [-0.15, -0.1) is 0 Å². The molecule has 0 heterocycles. The lowest BCUT2D eigenvalue weighted by atomic mass is 9.93. The van der Waals surface area contributed by atoms with Crippen molar-refractivity contribution in [2.45, 2.75) is 40.0 Å². The predicted molar refractivity (Wildman–Crippen MR) is 45.5 cm³/mol. The van der Waals surface area contributed by atoms with Gasteiger partial charge >= 0.3 is 5.97 Å². The minimum absolute atomic E-state index is 0.125. The molecule has 0 aliphatic rings. The Morgan fingerprint density at radius 3 is 2.27 bits per heavy atom. The van der Waals surface area contributed by atoms with E-state index in [2.05, 4.69) is 13.8 Å². The van der Waals surface area contributed by atoms with Gasteiger partial charge in [0, 0.05) is 0 Å². The largest absolute Gasteiger partial charge is 0.481 e. The van der Waals surface area contributed by atoms with Gasteiger partial charge in [-0.05, 0) is 18.8 Å². The molecular weight excluding hydrogens is 140 g/mol. The average molecular weight is 158 g/mol. The highest BCUT2D eigenvalue weighted by Gasteiger charge is 2.16. The van der Waals surface area contributed by atoms with E-state index in [0.29, 0.717) is 5.92 Å². The SMILES string of the molecule is CCC[C@@H](CC(C)C)C(=O)O. The maximum atomic E-state index is 10.6. The van der Waals surface area contributed by atoms with Gasteiger partial charge in [0.2, 0.25) is 0 Å². The van der Waals surface area contributed by atoms with Gasteiger partial charge in [0.05, 0.1) is 5.92 Å². The van der Waals surface area contributed by atoms with E-state index >= 15 is 0 Å². The van der Waals surface area contributed by atoms with Crippen LogP contribution in [0.15, 0.2) is 0 Å². The topological polar surface area (TPSA) is 37.3 Å². The van der Waals surface area contributed by atoms with E-state index in [1.807, 2.05) is 6.92 Å². The van der Waals surface area contributed by atoms with Crippen LogP contribution in [-0.4, -0.2) is 11.1 Å². The number of rotatable bonds is 5. The Morgan fingerprint density at radius 1 is 1.45 bits per heavy atom. The van der Waals surface area contributed by atoms with E-state index in [4.69, 9.17) is 5.11 Å². The van der Waals surface area contributed by atoms with E-state index < -0.39 is 5.97 Å². The molecule has 0 amide bonds.